The lowest BCUT2D eigenvalue weighted by Gasteiger charge is -2.13. The highest BCUT2D eigenvalue weighted by Crippen LogP contribution is 2.03. The third kappa shape index (κ3) is 10.1. The van der Waals surface area contributed by atoms with Crippen LogP contribution in [0.25, 0.3) is 0 Å². The van der Waals surface area contributed by atoms with Crippen LogP contribution < -0.4 is 5.32 Å². The van der Waals surface area contributed by atoms with Crippen molar-refractivity contribution < 1.29 is 9.90 Å². The molecule has 0 aromatic rings. The predicted molar refractivity (Wildman–Crippen MR) is 66.2 cm³/mol. The molecule has 15 heavy (non-hydrogen) atoms. The Morgan fingerprint density at radius 1 is 1.47 bits per heavy atom. The maximum atomic E-state index is 11.3. The van der Waals surface area contributed by atoms with E-state index in [4.69, 9.17) is 5.11 Å². The van der Waals surface area contributed by atoms with Crippen LogP contribution in [0.2, 0.25) is 0 Å². The van der Waals surface area contributed by atoms with Gasteiger partial charge >= 0.3 is 0 Å². The number of hydrogen-bond acceptors (Lipinski definition) is 3. The second-order valence-corrected chi connectivity index (χ2v) is 4.85. The molecule has 0 fully saturated rings. The third-order valence-electron chi connectivity index (χ3n) is 2.12. The molecule has 0 saturated carbocycles. The number of hydrogen-bond donors (Lipinski definition) is 2. The van der Waals surface area contributed by atoms with Gasteiger partial charge in [-0.25, -0.2) is 0 Å². The number of aliphatic hydroxyl groups is 1. The minimum absolute atomic E-state index is 0.0810. The summed E-state index contributed by atoms with van der Waals surface area (Å²) in [5.74, 6) is 1.17. The van der Waals surface area contributed by atoms with Gasteiger partial charge in [0.1, 0.15) is 0 Å². The van der Waals surface area contributed by atoms with Gasteiger partial charge in [0.2, 0.25) is 5.91 Å². The van der Waals surface area contributed by atoms with E-state index < -0.39 is 0 Å². The lowest BCUT2D eigenvalue weighted by Crippen LogP contribution is -2.33. The monoisotopic (exact) mass is 233 g/mol. The summed E-state index contributed by atoms with van der Waals surface area (Å²) in [6.07, 6.45) is 4.69. The zero-order valence-corrected chi connectivity index (χ0v) is 10.6. The molecule has 2 N–H and O–H groups in total. The van der Waals surface area contributed by atoms with Gasteiger partial charge < -0.3 is 10.4 Å². The Kier molecular flexibility index (Phi) is 10.2. The second kappa shape index (κ2) is 10.3. The van der Waals surface area contributed by atoms with Crippen LogP contribution in [0.4, 0.5) is 0 Å². The molecule has 0 radical (unpaired) electrons. The van der Waals surface area contributed by atoms with Crippen molar-refractivity contribution in [3.05, 3.63) is 0 Å². The summed E-state index contributed by atoms with van der Waals surface area (Å²) in [7, 11) is 0. The van der Waals surface area contributed by atoms with E-state index in [-0.39, 0.29) is 18.6 Å². The summed E-state index contributed by atoms with van der Waals surface area (Å²) in [5, 5.41) is 11.5. The first-order chi connectivity index (χ1) is 7.20. The highest BCUT2D eigenvalue weighted by Gasteiger charge is 2.06. The fourth-order valence-corrected chi connectivity index (χ4v) is 1.86. The molecule has 1 unspecified atom stereocenters. The number of aliphatic hydroxyl groups excluding tert-OH is 1. The van der Waals surface area contributed by atoms with Crippen molar-refractivity contribution in [2.24, 2.45) is 0 Å². The first kappa shape index (κ1) is 14.8. The van der Waals surface area contributed by atoms with Gasteiger partial charge in [-0.1, -0.05) is 26.2 Å². The lowest BCUT2D eigenvalue weighted by molar-refractivity contribution is -0.119. The molecule has 4 heteroatoms. The molecule has 0 aromatic heterocycles. The van der Waals surface area contributed by atoms with E-state index in [1.807, 2.05) is 6.92 Å². The molecular formula is C11H23NO2S. The van der Waals surface area contributed by atoms with Crippen LogP contribution in [0.5, 0.6) is 0 Å². The molecule has 1 amide bonds. The second-order valence-electron chi connectivity index (χ2n) is 3.74. The van der Waals surface area contributed by atoms with Gasteiger partial charge in [-0.3, -0.25) is 4.79 Å². The first-order valence-corrected chi connectivity index (χ1v) is 6.84. The molecule has 0 spiro atoms. The Balaban J connectivity index is 3.40. The molecule has 3 nitrogen and oxygen atoms in total. The molecule has 0 aliphatic heterocycles. The minimum Gasteiger partial charge on any atom is -0.396 e. The molecular weight excluding hydrogens is 210 g/mol. The molecule has 0 bridgehead atoms. The van der Waals surface area contributed by atoms with Gasteiger partial charge in [-0.15, -0.1) is 11.8 Å². The van der Waals surface area contributed by atoms with E-state index in [0.29, 0.717) is 11.5 Å². The summed E-state index contributed by atoms with van der Waals surface area (Å²) in [4.78, 5) is 11.3. The van der Waals surface area contributed by atoms with Crippen molar-refractivity contribution >= 4 is 17.7 Å². The minimum atomic E-state index is 0.0810. The summed E-state index contributed by atoms with van der Waals surface area (Å²) in [5.41, 5.74) is 0. The zero-order chi connectivity index (χ0) is 11.5. The van der Waals surface area contributed by atoms with Crippen molar-refractivity contribution in [3.8, 4) is 0 Å². The van der Waals surface area contributed by atoms with Gasteiger partial charge in [0.05, 0.1) is 12.4 Å². The van der Waals surface area contributed by atoms with E-state index in [2.05, 4.69) is 12.2 Å². The van der Waals surface area contributed by atoms with Gasteiger partial charge in [0.15, 0.2) is 0 Å². The Bertz CT molecular complexity index is 165. The van der Waals surface area contributed by atoms with Gasteiger partial charge in [0.25, 0.3) is 0 Å². The number of nitrogens with one attached hydrogen (secondary N) is 1. The molecule has 0 rings (SSSR count). The number of amides is 1. The van der Waals surface area contributed by atoms with Crippen molar-refractivity contribution in [3.63, 3.8) is 0 Å². The van der Waals surface area contributed by atoms with Gasteiger partial charge in [-0.05, 0) is 13.3 Å². The Morgan fingerprint density at radius 3 is 2.80 bits per heavy atom. The Hall–Kier alpha value is -0.220. The van der Waals surface area contributed by atoms with Crippen molar-refractivity contribution in [2.75, 3.05) is 18.1 Å². The van der Waals surface area contributed by atoms with E-state index in [0.717, 1.165) is 6.42 Å². The smallest absolute Gasteiger partial charge is 0.230 e. The number of carbonyl (C=O) groups is 1. The molecule has 0 saturated heterocycles. The number of thioether (sulfide) groups is 1. The molecule has 0 aliphatic rings. The van der Waals surface area contributed by atoms with Crippen LogP contribution in [-0.2, 0) is 4.79 Å². The molecule has 0 heterocycles. The molecule has 90 valence electrons. The largest absolute Gasteiger partial charge is 0.396 e. The fourth-order valence-electron chi connectivity index (χ4n) is 1.32. The maximum Gasteiger partial charge on any atom is 0.230 e. The number of unbranched alkanes of at least 4 members (excludes halogenated alkanes) is 2. The Morgan fingerprint density at radius 2 is 2.20 bits per heavy atom. The van der Waals surface area contributed by atoms with Crippen LogP contribution >= 0.6 is 11.8 Å². The lowest BCUT2D eigenvalue weighted by atomic mass is 10.1. The number of carbonyl (C=O) groups excluding carboxylic acids is 1. The zero-order valence-electron chi connectivity index (χ0n) is 9.79. The summed E-state index contributed by atoms with van der Waals surface area (Å²) in [6, 6.07) is 0.277. The van der Waals surface area contributed by atoms with Crippen LogP contribution in [0.3, 0.4) is 0 Å². The van der Waals surface area contributed by atoms with Crippen LogP contribution in [0, 0.1) is 0 Å². The Labute approximate surface area is 97.0 Å². The normalized spacial score (nSPS) is 12.5. The highest BCUT2D eigenvalue weighted by atomic mass is 32.2. The van der Waals surface area contributed by atoms with E-state index in [1.54, 1.807) is 0 Å². The van der Waals surface area contributed by atoms with E-state index >= 15 is 0 Å². The van der Waals surface area contributed by atoms with E-state index in [1.165, 1.54) is 31.0 Å². The SMILES string of the molecule is CCCCCC(C)NC(=O)CSCCO. The van der Waals surface area contributed by atoms with Crippen LogP contribution in [-0.4, -0.2) is 35.2 Å². The van der Waals surface area contributed by atoms with Gasteiger partial charge in [-0.2, -0.15) is 0 Å². The van der Waals surface area contributed by atoms with Gasteiger partial charge in [0, 0.05) is 11.8 Å². The summed E-state index contributed by atoms with van der Waals surface area (Å²) < 4.78 is 0. The first-order valence-electron chi connectivity index (χ1n) is 5.68. The maximum absolute atomic E-state index is 11.3. The standard InChI is InChI=1S/C11H23NO2S/c1-3-4-5-6-10(2)12-11(14)9-15-8-7-13/h10,13H,3-9H2,1-2H3,(H,12,14). The van der Waals surface area contributed by atoms with Crippen molar-refractivity contribution in [2.45, 2.75) is 45.6 Å². The average molecular weight is 233 g/mol. The van der Waals surface area contributed by atoms with Crippen LogP contribution in [0.1, 0.15) is 39.5 Å². The third-order valence-corrected chi connectivity index (χ3v) is 3.05. The summed E-state index contributed by atoms with van der Waals surface area (Å²) in [6.45, 7) is 4.36. The quantitative estimate of drug-likeness (QED) is 0.597. The van der Waals surface area contributed by atoms with Crippen LogP contribution in [0.15, 0.2) is 0 Å². The fraction of sp³-hybridized carbons (Fsp3) is 0.909. The summed E-state index contributed by atoms with van der Waals surface area (Å²) >= 11 is 1.47. The average Bonchev–Trinajstić information content (AvgIpc) is 2.18. The van der Waals surface area contributed by atoms with Crippen molar-refractivity contribution in [1.29, 1.82) is 0 Å². The molecule has 0 aromatic carbocycles. The number of rotatable bonds is 9. The topological polar surface area (TPSA) is 49.3 Å². The van der Waals surface area contributed by atoms with E-state index in [9.17, 15) is 4.79 Å². The predicted octanol–water partition coefficient (Wildman–Crippen LogP) is 1.80. The highest BCUT2D eigenvalue weighted by molar-refractivity contribution is 7.99. The molecule has 0 aliphatic carbocycles. The van der Waals surface area contributed by atoms with Crippen molar-refractivity contribution in [1.82, 2.24) is 5.32 Å². The molecule has 1 atom stereocenters.